The van der Waals surface area contributed by atoms with Crippen LogP contribution in [0.25, 0.3) is 0 Å². The van der Waals surface area contributed by atoms with E-state index in [0.717, 1.165) is 6.42 Å². The van der Waals surface area contributed by atoms with Crippen molar-refractivity contribution in [2.75, 3.05) is 19.8 Å². The molecular weight excluding hydrogens is 232 g/mol. The molecule has 1 aliphatic rings. The lowest BCUT2D eigenvalue weighted by molar-refractivity contribution is 0.0520. The minimum Gasteiger partial charge on any atom is -0.490 e. The van der Waals surface area contributed by atoms with Crippen LogP contribution in [0.15, 0.2) is 18.2 Å². The second-order valence-corrected chi connectivity index (χ2v) is 4.17. The number of hydrogen-bond donors (Lipinski definition) is 0. The molecule has 98 valence electrons. The van der Waals surface area contributed by atoms with Crippen molar-refractivity contribution < 1.29 is 19.0 Å². The second-order valence-electron chi connectivity index (χ2n) is 4.17. The van der Waals surface area contributed by atoms with Crippen molar-refractivity contribution in [1.29, 1.82) is 0 Å². The highest BCUT2D eigenvalue weighted by Gasteiger charge is 2.18. The van der Waals surface area contributed by atoms with Crippen LogP contribution >= 0.6 is 0 Å². The summed E-state index contributed by atoms with van der Waals surface area (Å²) < 4.78 is 16.4. The molecule has 1 aromatic carbocycles. The Morgan fingerprint density at radius 1 is 1.33 bits per heavy atom. The van der Waals surface area contributed by atoms with Gasteiger partial charge in [0.25, 0.3) is 0 Å². The van der Waals surface area contributed by atoms with E-state index >= 15 is 0 Å². The number of ketones is 1. The molecule has 0 saturated heterocycles. The van der Waals surface area contributed by atoms with Gasteiger partial charge in [-0.2, -0.15) is 0 Å². The van der Waals surface area contributed by atoms with Crippen molar-refractivity contribution in [2.24, 2.45) is 0 Å². The number of ether oxygens (including phenoxy) is 3. The Kier molecular flexibility index (Phi) is 4.20. The summed E-state index contributed by atoms with van der Waals surface area (Å²) in [5, 5.41) is 0. The van der Waals surface area contributed by atoms with Crippen molar-refractivity contribution in [3.63, 3.8) is 0 Å². The molecule has 0 spiro atoms. The number of Topliss-reactive ketones (excluding diaryl/α,β-unsaturated/α-hetero) is 1. The van der Waals surface area contributed by atoms with Gasteiger partial charge in [0.2, 0.25) is 0 Å². The fraction of sp³-hybridized carbons (Fsp3) is 0.500. The van der Waals surface area contributed by atoms with Crippen LogP contribution in [0, 0.1) is 0 Å². The number of carbonyl (C=O) groups excluding carboxylic acids is 1. The van der Waals surface area contributed by atoms with Crippen molar-refractivity contribution in [2.45, 2.75) is 26.4 Å². The summed E-state index contributed by atoms with van der Waals surface area (Å²) in [5.74, 6) is 1.31. The predicted molar refractivity (Wildman–Crippen MR) is 67.5 cm³/mol. The van der Waals surface area contributed by atoms with Crippen molar-refractivity contribution in [3.05, 3.63) is 23.8 Å². The van der Waals surface area contributed by atoms with Gasteiger partial charge in [-0.05, 0) is 32.0 Å². The summed E-state index contributed by atoms with van der Waals surface area (Å²) >= 11 is 0. The van der Waals surface area contributed by atoms with Gasteiger partial charge >= 0.3 is 0 Å². The lowest BCUT2D eigenvalue weighted by Crippen LogP contribution is -2.20. The summed E-state index contributed by atoms with van der Waals surface area (Å²) in [7, 11) is 0. The minimum absolute atomic E-state index is 0.0347. The van der Waals surface area contributed by atoms with Crippen molar-refractivity contribution >= 4 is 5.78 Å². The summed E-state index contributed by atoms with van der Waals surface area (Å²) in [6.45, 7) is 5.42. The largest absolute Gasteiger partial charge is 0.490 e. The molecule has 1 heterocycles. The molecule has 18 heavy (non-hydrogen) atoms. The van der Waals surface area contributed by atoms with E-state index in [4.69, 9.17) is 14.2 Å². The van der Waals surface area contributed by atoms with E-state index in [1.165, 1.54) is 0 Å². The van der Waals surface area contributed by atoms with Gasteiger partial charge in [-0.15, -0.1) is 0 Å². The van der Waals surface area contributed by atoms with Gasteiger partial charge in [0, 0.05) is 18.6 Å². The standard InChI is InChI=1S/C14H18O4/c1-3-16-10(2)14(15)11-5-6-12-13(9-11)18-8-4-7-17-12/h5-6,9-10H,3-4,7-8H2,1-2H3. The van der Waals surface area contributed by atoms with Gasteiger partial charge in [0.1, 0.15) is 6.10 Å². The molecule has 0 bridgehead atoms. The molecule has 0 N–H and O–H groups in total. The Balaban J connectivity index is 2.19. The molecule has 0 aliphatic carbocycles. The average Bonchev–Trinajstić information content (AvgIpc) is 2.62. The van der Waals surface area contributed by atoms with Crippen LogP contribution in [0.4, 0.5) is 0 Å². The monoisotopic (exact) mass is 250 g/mol. The number of fused-ring (bicyclic) bond motifs is 1. The topological polar surface area (TPSA) is 44.8 Å². The zero-order chi connectivity index (χ0) is 13.0. The molecule has 0 amide bonds. The quantitative estimate of drug-likeness (QED) is 0.770. The maximum Gasteiger partial charge on any atom is 0.191 e. The fourth-order valence-electron chi connectivity index (χ4n) is 1.88. The predicted octanol–water partition coefficient (Wildman–Crippen LogP) is 2.46. The van der Waals surface area contributed by atoms with E-state index in [2.05, 4.69) is 0 Å². The van der Waals surface area contributed by atoms with Crippen LogP contribution in [-0.4, -0.2) is 31.7 Å². The summed E-state index contributed by atoms with van der Waals surface area (Å²) in [5.41, 5.74) is 0.597. The first-order chi connectivity index (χ1) is 8.72. The third-order valence-corrected chi connectivity index (χ3v) is 2.82. The first-order valence-electron chi connectivity index (χ1n) is 6.28. The highest BCUT2D eigenvalue weighted by molar-refractivity contribution is 5.99. The lowest BCUT2D eigenvalue weighted by Gasteiger charge is -2.12. The maximum absolute atomic E-state index is 12.1. The minimum atomic E-state index is -0.431. The summed E-state index contributed by atoms with van der Waals surface area (Å²) in [6, 6.07) is 5.27. The van der Waals surface area contributed by atoms with E-state index in [1.807, 2.05) is 6.92 Å². The van der Waals surface area contributed by atoms with E-state index in [0.29, 0.717) is 36.9 Å². The smallest absolute Gasteiger partial charge is 0.191 e. The molecule has 1 aromatic rings. The number of hydrogen-bond acceptors (Lipinski definition) is 4. The molecule has 0 radical (unpaired) electrons. The molecule has 0 aromatic heterocycles. The second kappa shape index (κ2) is 5.87. The number of benzene rings is 1. The molecule has 2 rings (SSSR count). The first kappa shape index (κ1) is 12.9. The Labute approximate surface area is 107 Å². The van der Waals surface area contributed by atoms with Gasteiger partial charge < -0.3 is 14.2 Å². The summed E-state index contributed by atoms with van der Waals surface area (Å²) in [6.07, 6.45) is 0.424. The Bertz CT molecular complexity index is 428. The average molecular weight is 250 g/mol. The highest BCUT2D eigenvalue weighted by Crippen LogP contribution is 2.30. The molecule has 4 heteroatoms. The van der Waals surface area contributed by atoms with Crippen molar-refractivity contribution in [1.82, 2.24) is 0 Å². The SMILES string of the molecule is CCOC(C)C(=O)c1ccc2c(c1)OCCCO2. The van der Waals surface area contributed by atoms with Crippen LogP contribution < -0.4 is 9.47 Å². The fourth-order valence-corrected chi connectivity index (χ4v) is 1.88. The van der Waals surface area contributed by atoms with Crippen LogP contribution in [0.2, 0.25) is 0 Å². The zero-order valence-corrected chi connectivity index (χ0v) is 10.8. The van der Waals surface area contributed by atoms with Crippen LogP contribution in [-0.2, 0) is 4.74 Å². The van der Waals surface area contributed by atoms with Gasteiger partial charge in [-0.25, -0.2) is 0 Å². The molecule has 1 unspecified atom stereocenters. The van der Waals surface area contributed by atoms with E-state index in [1.54, 1.807) is 25.1 Å². The van der Waals surface area contributed by atoms with Gasteiger partial charge in [-0.1, -0.05) is 0 Å². The molecule has 1 aliphatic heterocycles. The lowest BCUT2D eigenvalue weighted by atomic mass is 10.1. The Morgan fingerprint density at radius 2 is 2.06 bits per heavy atom. The molecular formula is C14H18O4. The molecule has 0 saturated carbocycles. The van der Waals surface area contributed by atoms with Crippen LogP contribution in [0.5, 0.6) is 11.5 Å². The van der Waals surface area contributed by atoms with Crippen LogP contribution in [0.1, 0.15) is 30.6 Å². The third kappa shape index (κ3) is 2.82. The van der Waals surface area contributed by atoms with Gasteiger partial charge in [0.05, 0.1) is 13.2 Å². The first-order valence-corrected chi connectivity index (χ1v) is 6.28. The van der Waals surface area contributed by atoms with Gasteiger partial charge in [-0.3, -0.25) is 4.79 Å². The molecule has 1 atom stereocenters. The van der Waals surface area contributed by atoms with E-state index in [-0.39, 0.29) is 5.78 Å². The molecule has 4 nitrogen and oxygen atoms in total. The number of rotatable bonds is 4. The number of carbonyl (C=O) groups is 1. The normalized spacial score (nSPS) is 15.9. The van der Waals surface area contributed by atoms with E-state index in [9.17, 15) is 4.79 Å². The Hall–Kier alpha value is -1.55. The molecule has 0 fully saturated rings. The van der Waals surface area contributed by atoms with Crippen molar-refractivity contribution in [3.8, 4) is 11.5 Å². The third-order valence-electron chi connectivity index (χ3n) is 2.82. The van der Waals surface area contributed by atoms with Crippen LogP contribution in [0.3, 0.4) is 0 Å². The van der Waals surface area contributed by atoms with E-state index < -0.39 is 6.10 Å². The highest BCUT2D eigenvalue weighted by atomic mass is 16.5. The maximum atomic E-state index is 12.1. The van der Waals surface area contributed by atoms with Gasteiger partial charge in [0.15, 0.2) is 17.3 Å². The zero-order valence-electron chi connectivity index (χ0n) is 10.8. The summed E-state index contributed by atoms with van der Waals surface area (Å²) in [4.78, 5) is 12.1. The Morgan fingerprint density at radius 3 is 2.78 bits per heavy atom.